The summed E-state index contributed by atoms with van der Waals surface area (Å²) in [6.07, 6.45) is 3.30. The maximum atomic E-state index is 12.9. The van der Waals surface area contributed by atoms with Crippen LogP contribution in [0.4, 0.5) is 5.82 Å². The van der Waals surface area contributed by atoms with Gasteiger partial charge in [0.05, 0.1) is 19.5 Å². The van der Waals surface area contributed by atoms with Gasteiger partial charge in [0, 0.05) is 36.6 Å². The number of thiophene rings is 1. The van der Waals surface area contributed by atoms with Crippen molar-refractivity contribution < 1.29 is 14.3 Å². The summed E-state index contributed by atoms with van der Waals surface area (Å²) in [5.74, 6) is 1.97. The molecule has 1 fully saturated rings. The smallest absolute Gasteiger partial charge is 0.254 e. The predicted molar refractivity (Wildman–Crippen MR) is 112 cm³/mol. The van der Waals surface area contributed by atoms with Crippen molar-refractivity contribution in [1.82, 2.24) is 14.9 Å². The lowest BCUT2D eigenvalue weighted by Gasteiger charge is -2.35. The summed E-state index contributed by atoms with van der Waals surface area (Å²) >= 11 is 1.65. The number of ether oxygens (including phenoxy) is 2. The van der Waals surface area contributed by atoms with Gasteiger partial charge in [0.25, 0.3) is 5.91 Å². The number of rotatable bonds is 6. The van der Waals surface area contributed by atoms with Crippen molar-refractivity contribution in [1.29, 1.82) is 0 Å². The van der Waals surface area contributed by atoms with Gasteiger partial charge in [-0.1, -0.05) is 12.1 Å². The number of piperazine rings is 1. The van der Waals surface area contributed by atoms with Crippen molar-refractivity contribution >= 4 is 23.1 Å². The van der Waals surface area contributed by atoms with Gasteiger partial charge in [-0.3, -0.25) is 9.78 Å². The van der Waals surface area contributed by atoms with Crippen molar-refractivity contribution in [3.8, 4) is 11.6 Å². The van der Waals surface area contributed by atoms with Crippen molar-refractivity contribution in [2.45, 2.75) is 6.61 Å². The molecule has 1 aromatic carbocycles. The topological polar surface area (TPSA) is 67.8 Å². The number of nitrogens with zero attached hydrogens (tertiary/aromatic N) is 4. The van der Waals surface area contributed by atoms with E-state index >= 15 is 0 Å². The van der Waals surface area contributed by atoms with Crippen LogP contribution in [0.3, 0.4) is 0 Å². The Balaban J connectivity index is 1.36. The van der Waals surface area contributed by atoms with Crippen molar-refractivity contribution in [3.05, 3.63) is 64.6 Å². The fraction of sp³-hybridized carbons (Fsp3) is 0.286. The van der Waals surface area contributed by atoms with E-state index in [9.17, 15) is 4.79 Å². The Labute approximate surface area is 173 Å². The number of amides is 1. The van der Waals surface area contributed by atoms with E-state index in [1.165, 1.54) is 0 Å². The molecule has 0 unspecified atom stereocenters. The third kappa shape index (κ3) is 4.65. The van der Waals surface area contributed by atoms with Crippen LogP contribution in [0.25, 0.3) is 0 Å². The third-order valence-electron chi connectivity index (χ3n) is 4.74. The molecule has 8 heteroatoms. The normalized spacial score (nSPS) is 14.0. The summed E-state index contributed by atoms with van der Waals surface area (Å²) in [4.78, 5) is 26.6. The maximum Gasteiger partial charge on any atom is 0.254 e. The highest BCUT2D eigenvalue weighted by atomic mass is 32.1. The summed E-state index contributed by atoms with van der Waals surface area (Å²) in [6.45, 7) is 3.15. The van der Waals surface area contributed by atoms with Gasteiger partial charge >= 0.3 is 0 Å². The molecular formula is C21H22N4O3S. The van der Waals surface area contributed by atoms with E-state index in [0.717, 1.165) is 10.7 Å². The monoisotopic (exact) mass is 410 g/mol. The zero-order valence-corrected chi connectivity index (χ0v) is 17.0. The highest BCUT2D eigenvalue weighted by Crippen LogP contribution is 2.20. The Bertz CT molecular complexity index is 956. The number of hydrogen-bond acceptors (Lipinski definition) is 7. The van der Waals surface area contributed by atoms with Crippen LogP contribution in [0.1, 0.15) is 15.2 Å². The second kappa shape index (κ2) is 8.91. The second-order valence-electron chi connectivity index (χ2n) is 6.59. The van der Waals surface area contributed by atoms with Crippen LogP contribution in [-0.4, -0.2) is 54.1 Å². The van der Waals surface area contributed by atoms with Crippen LogP contribution in [0.15, 0.2) is 54.2 Å². The number of hydrogen-bond donors (Lipinski definition) is 0. The Kier molecular flexibility index (Phi) is 5.90. The highest BCUT2D eigenvalue weighted by molar-refractivity contribution is 7.09. The molecule has 3 heterocycles. The molecule has 1 saturated heterocycles. The van der Waals surface area contributed by atoms with Gasteiger partial charge in [-0.15, -0.1) is 11.3 Å². The maximum absolute atomic E-state index is 12.9. The van der Waals surface area contributed by atoms with Gasteiger partial charge in [-0.05, 0) is 29.6 Å². The lowest BCUT2D eigenvalue weighted by atomic mass is 10.1. The zero-order valence-electron chi connectivity index (χ0n) is 16.2. The van der Waals surface area contributed by atoms with E-state index in [0.29, 0.717) is 50.0 Å². The number of carbonyl (C=O) groups excluding carboxylic acids is 1. The number of carbonyl (C=O) groups is 1. The Hall–Kier alpha value is -3.13. The minimum Gasteiger partial charge on any atom is -0.488 e. The minimum atomic E-state index is 0.0166. The van der Waals surface area contributed by atoms with E-state index in [1.54, 1.807) is 30.8 Å². The molecule has 4 rings (SSSR count). The van der Waals surface area contributed by atoms with Gasteiger partial charge in [0.2, 0.25) is 5.88 Å². The number of benzene rings is 1. The summed E-state index contributed by atoms with van der Waals surface area (Å²) in [7, 11) is 1.57. The number of anilines is 1. The lowest BCUT2D eigenvalue weighted by Crippen LogP contribution is -2.49. The summed E-state index contributed by atoms with van der Waals surface area (Å²) in [6, 6.07) is 11.4. The summed E-state index contributed by atoms with van der Waals surface area (Å²) < 4.78 is 11.0. The molecule has 1 amide bonds. The van der Waals surface area contributed by atoms with Gasteiger partial charge < -0.3 is 19.3 Å². The van der Waals surface area contributed by atoms with E-state index in [-0.39, 0.29) is 5.91 Å². The first-order chi connectivity index (χ1) is 14.2. The molecule has 0 radical (unpaired) electrons. The van der Waals surface area contributed by atoms with Crippen molar-refractivity contribution in [3.63, 3.8) is 0 Å². The molecule has 0 atom stereocenters. The minimum absolute atomic E-state index is 0.0166. The Morgan fingerprint density at radius 3 is 2.76 bits per heavy atom. The molecule has 1 aliphatic rings. The van der Waals surface area contributed by atoms with Gasteiger partial charge in [-0.25, -0.2) is 0 Å². The van der Waals surface area contributed by atoms with E-state index < -0.39 is 0 Å². The quantitative estimate of drug-likeness (QED) is 0.622. The molecule has 29 heavy (non-hydrogen) atoms. The largest absolute Gasteiger partial charge is 0.488 e. The zero-order chi connectivity index (χ0) is 20.1. The highest BCUT2D eigenvalue weighted by Gasteiger charge is 2.23. The van der Waals surface area contributed by atoms with Crippen molar-refractivity contribution in [2.24, 2.45) is 0 Å². The first-order valence-corrected chi connectivity index (χ1v) is 10.3. The Morgan fingerprint density at radius 2 is 2.00 bits per heavy atom. The molecular weight excluding hydrogens is 388 g/mol. The summed E-state index contributed by atoms with van der Waals surface area (Å²) in [5, 5.41) is 2.02. The van der Waals surface area contributed by atoms with Gasteiger partial charge in [0.1, 0.15) is 12.4 Å². The molecule has 3 aromatic rings. The van der Waals surface area contributed by atoms with Crippen LogP contribution >= 0.6 is 11.3 Å². The van der Waals surface area contributed by atoms with E-state index in [1.807, 2.05) is 46.7 Å². The number of methoxy groups -OCH3 is 1. The molecule has 1 aliphatic heterocycles. The molecule has 0 aliphatic carbocycles. The molecule has 150 valence electrons. The molecule has 2 aromatic heterocycles. The molecule has 0 saturated carbocycles. The second-order valence-corrected chi connectivity index (χ2v) is 7.63. The van der Waals surface area contributed by atoms with Crippen LogP contribution in [0.5, 0.6) is 11.6 Å². The van der Waals surface area contributed by atoms with Crippen LogP contribution in [-0.2, 0) is 6.61 Å². The van der Waals surface area contributed by atoms with Crippen LogP contribution in [0, 0.1) is 0 Å². The first kappa shape index (κ1) is 19.2. The fourth-order valence-corrected chi connectivity index (χ4v) is 3.79. The van der Waals surface area contributed by atoms with Crippen molar-refractivity contribution in [2.75, 3.05) is 38.2 Å². The predicted octanol–water partition coefficient (Wildman–Crippen LogP) is 3.09. The first-order valence-electron chi connectivity index (χ1n) is 9.38. The van der Waals surface area contributed by atoms with E-state index in [2.05, 4.69) is 14.9 Å². The average molecular weight is 410 g/mol. The standard InChI is InChI=1S/C21H22N4O3S/c1-27-20-14-22-13-19(23-20)24-7-9-25(10-8-24)21(26)16-4-2-5-17(12-16)28-15-18-6-3-11-29-18/h2-6,11-14H,7-10,15H2,1H3. The molecule has 0 N–H and O–H groups in total. The molecule has 0 spiro atoms. The van der Waals surface area contributed by atoms with Gasteiger partial charge in [0.15, 0.2) is 5.82 Å². The number of aromatic nitrogens is 2. The van der Waals surface area contributed by atoms with Crippen LogP contribution < -0.4 is 14.4 Å². The van der Waals surface area contributed by atoms with Gasteiger partial charge in [-0.2, -0.15) is 4.98 Å². The van der Waals surface area contributed by atoms with Crippen LogP contribution in [0.2, 0.25) is 0 Å². The fourth-order valence-electron chi connectivity index (χ4n) is 3.18. The third-order valence-corrected chi connectivity index (χ3v) is 5.59. The lowest BCUT2D eigenvalue weighted by molar-refractivity contribution is 0.0746. The molecule has 0 bridgehead atoms. The summed E-state index contributed by atoms with van der Waals surface area (Å²) in [5.41, 5.74) is 0.642. The van der Waals surface area contributed by atoms with E-state index in [4.69, 9.17) is 9.47 Å². The molecule has 7 nitrogen and oxygen atoms in total. The Morgan fingerprint density at radius 1 is 1.14 bits per heavy atom. The average Bonchev–Trinajstić information content (AvgIpc) is 3.31. The SMILES string of the molecule is COc1cncc(N2CCN(C(=O)c3cccc(OCc4cccs4)c3)CC2)n1.